The number of carbonyl (C=O) groups excluding carboxylic acids is 1. The van der Waals surface area contributed by atoms with Crippen LogP contribution >= 0.6 is 0 Å². The standard InChI is InChI=1S/C27H31N5O2/c1-6-28-26-24(18(3)4)31(5)27(33)21-16-19(17-30-25(21)32(26)7-2)13-15-34-23-12-14-29-22-11-9-8-10-20(22)23/h6,8-12,14,16-18H,7,13,15H2,1-5H3/b28-6-. The maximum Gasteiger partial charge on any atom is 0.261 e. The Labute approximate surface area is 200 Å². The van der Waals surface area contributed by atoms with Gasteiger partial charge in [0, 0.05) is 44.0 Å². The van der Waals surface area contributed by atoms with Crippen molar-refractivity contribution >= 4 is 28.8 Å². The Morgan fingerprint density at radius 1 is 1.18 bits per heavy atom. The lowest BCUT2D eigenvalue weighted by Crippen LogP contribution is -2.29. The molecule has 0 unspecified atom stereocenters. The van der Waals surface area contributed by atoms with E-state index in [1.807, 2.05) is 68.4 Å². The average molecular weight is 458 g/mol. The van der Waals surface area contributed by atoms with Gasteiger partial charge < -0.3 is 14.5 Å². The van der Waals surface area contributed by atoms with E-state index in [2.05, 4.69) is 23.8 Å². The molecule has 3 aromatic rings. The molecule has 0 spiro atoms. The lowest BCUT2D eigenvalue weighted by Gasteiger charge is -2.26. The van der Waals surface area contributed by atoms with Crippen LogP contribution in [0.15, 0.2) is 65.3 Å². The first-order chi connectivity index (χ1) is 16.5. The van der Waals surface area contributed by atoms with Gasteiger partial charge in [0.05, 0.1) is 23.4 Å². The molecule has 0 atom stereocenters. The van der Waals surface area contributed by atoms with Crippen molar-refractivity contribution in [3.63, 3.8) is 0 Å². The van der Waals surface area contributed by atoms with Gasteiger partial charge in [0.15, 0.2) is 5.82 Å². The number of hydrogen-bond acceptors (Lipinski definition) is 6. The van der Waals surface area contributed by atoms with Crippen LogP contribution in [0, 0.1) is 5.92 Å². The van der Waals surface area contributed by atoms with Gasteiger partial charge >= 0.3 is 0 Å². The van der Waals surface area contributed by atoms with Crippen LogP contribution in [0.3, 0.4) is 0 Å². The molecule has 1 aromatic carbocycles. The maximum absolute atomic E-state index is 13.5. The normalized spacial score (nSPS) is 14.4. The largest absolute Gasteiger partial charge is 0.492 e. The van der Waals surface area contributed by atoms with E-state index in [9.17, 15) is 4.79 Å². The second-order valence-corrected chi connectivity index (χ2v) is 8.50. The van der Waals surface area contributed by atoms with Gasteiger partial charge in [-0.25, -0.2) is 9.98 Å². The van der Waals surface area contributed by atoms with E-state index in [1.165, 1.54) is 0 Å². The molecule has 1 aliphatic heterocycles. The molecule has 0 aliphatic carbocycles. The number of aromatic nitrogens is 2. The number of ether oxygens (including phenoxy) is 1. The van der Waals surface area contributed by atoms with Crippen LogP contribution in [-0.4, -0.2) is 47.2 Å². The fourth-order valence-corrected chi connectivity index (χ4v) is 4.37. The summed E-state index contributed by atoms with van der Waals surface area (Å²) in [4.78, 5) is 31.0. The average Bonchev–Trinajstić information content (AvgIpc) is 2.92. The monoisotopic (exact) mass is 457 g/mol. The van der Waals surface area contributed by atoms with Gasteiger partial charge in [0.1, 0.15) is 11.6 Å². The van der Waals surface area contributed by atoms with Gasteiger partial charge in [-0.1, -0.05) is 26.0 Å². The van der Waals surface area contributed by atoms with Gasteiger partial charge in [-0.3, -0.25) is 9.78 Å². The predicted octanol–water partition coefficient (Wildman–Crippen LogP) is 5.08. The van der Waals surface area contributed by atoms with E-state index in [4.69, 9.17) is 9.72 Å². The summed E-state index contributed by atoms with van der Waals surface area (Å²) < 4.78 is 6.08. The molecule has 0 saturated heterocycles. The number of carbonyl (C=O) groups is 1. The van der Waals surface area contributed by atoms with Gasteiger partial charge in [0.25, 0.3) is 5.91 Å². The zero-order valence-corrected chi connectivity index (χ0v) is 20.4. The molecule has 0 fully saturated rings. The zero-order valence-electron chi connectivity index (χ0n) is 20.4. The van der Waals surface area contributed by atoms with Gasteiger partial charge in [0.2, 0.25) is 0 Å². The lowest BCUT2D eigenvalue weighted by molar-refractivity contribution is 0.0826. The molecule has 2 aromatic heterocycles. The summed E-state index contributed by atoms with van der Waals surface area (Å²) in [5.74, 6) is 2.25. The number of anilines is 1. The van der Waals surface area contributed by atoms with E-state index < -0.39 is 0 Å². The first-order valence-corrected chi connectivity index (χ1v) is 11.7. The Morgan fingerprint density at radius 3 is 2.71 bits per heavy atom. The minimum absolute atomic E-state index is 0.0751. The van der Waals surface area contributed by atoms with Crippen LogP contribution in [0.1, 0.15) is 43.6 Å². The van der Waals surface area contributed by atoms with Gasteiger partial charge in [-0.2, -0.15) is 0 Å². The Bertz CT molecular complexity index is 1260. The predicted molar refractivity (Wildman–Crippen MR) is 136 cm³/mol. The highest BCUT2D eigenvalue weighted by Gasteiger charge is 2.32. The number of allylic oxidation sites excluding steroid dienone is 1. The molecule has 0 bridgehead atoms. The number of fused-ring (bicyclic) bond motifs is 2. The van der Waals surface area contributed by atoms with Crippen molar-refractivity contribution in [1.29, 1.82) is 0 Å². The summed E-state index contributed by atoms with van der Waals surface area (Å²) in [5.41, 5.74) is 3.32. The number of aliphatic imine (C=N–C) groups is 1. The summed E-state index contributed by atoms with van der Waals surface area (Å²) in [6, 6.07) is 11.7. The quantitative estimate of drug-likeness (QED) is 0.463. The number of hydrogen-bond donors (Lipinski definition) is 0. The first-order valence-electron chi connectivity index (χ1n) is 11.7. The number of benzene rings is 1. The molecule has 0 saturated carbocycles. The second-order valence-electron chi connectivity index (χ2n) is 8.50. The number of nitrogens with zero attached hydrogens (tertiary/aromatic N) is 5. The van der Waals surface area contributed by atoms with E-state index >= 15 is 0 Å². The minimum Gasteiger partial charge on any atom is -0.492 e. The van der Waals surface area contributed by atoms with Crippen molar-refractivity contribution in [3.05, 3.63) is 71.4 Å². The Kier molecular flexibility index (Phi) is 6.91. The maximum atomic E-state index is 13.5. The summed E-state index contributed by atoms with van der Waals surface area (Å²) >= 11 is 0. The van der Waals surface area contributed by atoms with E-state index in [0.29, 0.717) is 31.0 Å². The van der Waals surface area contributed by atoms with Crippen molar-refractivity contribution in [3.8, 4) is 5.75 Å². The highest BCUT2D eigenvalue weighted by atomic mass is 16.5. The Balaban J connectivity index is 1.61. The van der Waals surface area contributed by atoms with Crippen LogP contribution in [-0.2, 0) is 6.42 Å². The molecule has 0 radical (unpaired) electrons. The van der Waals surface area contributed by atoms with Crippen molar-refractivity contribution in [2.24, 2.45) is 10.9 Å². The van der Waals surface area contributed by atoms with Crippen LogP contribution in [0.25, 0.3) is 10.9 Å². The van der Waals surface area contributed by atoms with E-state index in [0.717, 1.165) is 33.7 Å². The van der Waals surface area contributed by atoms with Crippen LogP contribution in [0.4, 0.5) is 5.82 Å². The highest BCUT2D eigenvalue weighted by Crippen LogP contribution is 2.34. The van der Waals surface area contributed by atoms with Crippen LogP contribution in [0.5, 0.6) is 5.75 Å². The molecular formula is C27H31N5O2. The molecule has 7 nitrogen and oxygen atoms in total. The molecular weight excluding hydrogens is 426 g/mol. The van der Waals surface area contributed by atoms with Gasteiger partial charge in [-0.15, -0.1) is 0 Å². The number of rotatable bonds is 7. The molecule has 3 heterocycles. The van der Waals surface area contributed by atoms with Crippen LogP contribution < -0.4 is 9.64 Å². The Hall–Kier alpha value is -3.74. The minimum atomic E-state index is -0.0751. The highest BCUT2D eigenvalue weighted by molar-refractivity contribution is 6.01. The number of amides is 1. The topological polar surface area (TPSA) is 70.9 Å². The van der Waals surface area contributed by atoms with Crippen molar-refractivity contribution in [1.82, 2.24) is 14.9 Å². The summed E-state index contributed by atoms with van der Waals surface area (Å²) in [5, 5.41) is 0.983. The van der Waals surface area contributed by atoms with Crippen molar-refractivity contribution in [2.75, 3.05) is 25.1 Å². The third kappa shape index (κ3) is 4.38. The molecule has 34 heavy (non-hydrogen) atoms. The third-order valence-electron chi connectivity index (χ3n) is 5.93. The number of para-hydroxylation sites is 1. The fraction of sp³-hybridized carbons (Fsp3) is 0.333. The molecule has 7 heteroatoms. The summed E-state index contributed by atoms with van der Waals surface area (Å²) in [6.45, 7) is 9.21. The summed E-state index contributed by atoms with van der Waals surface area (Å²) in [7, 11) is 1.82. The molecule has 1 aliphatic rings. The molecule has 176 valence electrons. The zero-order chi connectivity index (χ0) is 24.2. The third-order valence-corrected chi connectivity index (χ3v) is 5.93. The van der Waals surface area contributed by atoms with Crippen molar-refractivity contribution < 1.29 is 9.53 Å². The van der Waals surface area contributed by atoms with Crippen molar-refractivity contribution in [2.45, 2.75) is 34.1 Å². The van der Waals surface area contributed by atoms with Crippen LogP contribution in [0.2, 0.25) is 0 Å². The Morgan fingerprint density at radius 2 is 1.97 bits per heavy atom. The SMILES string of the molecule is C/C=N\C1=C(C(C)C)N(C)C(=O)c2cc(CCOc3ccnc4ccccc34)cnc2N1CC. The lowest BCUT2D eigenvalue weighted by atomic mass is 10.1. The van der Waals surface area contributed by atoms with E-state index in [-0.39, 0.29) is 11.8 Å². The number of pyridine rings is 2. The second kappa shape index (κ2) is 10.0. The van der Waals surface area contributed by atoms with E-state index in [1.54, 1.807) is 17.3 Å². The summed E-state index contributed by atoms with van der Waals surface area (Å²) in [6.07, 6.45) is 5.98. The first kappa shape index (κ1) is 23.4. The fourth-order valence-electron chi connectivity index (χ4n) is 4.37. The molecule has 1 amide bonds. The smallest absolute Gasteiger partial charge is 0.261 e. The molecule has 0 N–H and O–H groups in total. The molecule has 4 rings (SSSR count). The van der Waals surface area contributed by atoms with Gasteiger partial charge in [-0.05, 0) is 49.6 Å².